The van der Waals surface area contributed by atoms with Gasteiger partial charge in [-0.05, 0) is 65.6 Å². The summed E-state index contributed by atoms with van der Waals surface area (Å²) < 4.78 is 26.5. The largest absolute Gasteiger partial charge is 0.342 e. The van der Waals surface area contributed by atoms with Crippen LogP contribution in [-0.2, 0) is 32.5 Å². The number of fused-ring (bicyclic) bond motifs is 1. The van der Waals surface area contributed by atoms with Gasteiger partial charge in [-0.1, -0.05) is 66.2 Å². The number of amides is 2. The number of carbonyl (C=O) groups excluding carboxylic acids is 2. The lowest BCUT2D eigenvalue weighted by molar-refractivity contribution is -0.137. The molecule has 2 amide bonds. The maximum atomic E-state index is 14.0. The number of hydrogen-bond donors (Lipinski definition) is 3. The summed E-state index contributed by atoms with van der Waals surface area (Å²) in [4.78, 5) is 29.5. The highest BCUT2D eigenvalue weighted by Crippen LogP contribution is 2.36. The normalized spacial score (nSPS) is 17.9. The molecule has 3 aromatic rings. The molecule has 2 aliphatic rings. The van der Waals surface area contributed by atoms with Crippen molar-refractivity contribution >= 4 is 39.1 Å². The Morgan fingerprint density at radius 2 is 1.68 bits per heavy atom. The van der Waals surface area contributed by atoms with E-state index in [2.05, 4.69) is 10.6 Å². The fourth-order valence-corrected chi connectivity index (χ4v) is 7.41. The molecule has 1 saturated heterocycles. The maximum Gasteiger partial charge on any atom is 0.245 e. The van der Waals surface area contributed by atoms with E-state index in [0.717, 1.165) is 28.7 Å². The van der Waals surface area contributed by atoms with Crippen LogP contribution in [0.1, 0.15) is 47.1 Å². The van der Waals surface area contributed by atoms with Gasteiger partial charge < -0.3 is 21.3 Å². The monoisotopic (exact) mass is 637 g/mol. The Bertz CT molecular complexity index is 1570. The molecule has 2 aliphatic heterocycles. The van der Waals surface area contributed by atoms with Crippen LogP contribution in [0.5, 0.6) is 0 Å². The SMILES string of the molecule is CS(=O)(=O)N(CCN)c1ccccc1C1CCN(C(=O)[C@@H](Cc2ccc(Cl)cc2)NC(=O)C2NCCc3ccccc32)CC1. The van der Waals surface area contributed by atoms with Gasteiger partial charge >= 0.3 is 0 Å². The number of halogens is 1. The summed E-state index contributed by atoms with van der Waals surface area (Å²) in [7, 11) is -3.51. The summed E-state index contributed by atoms with van der Waals surface area (Å²) in [6.45, 7) is 2.06. The number of likely N-dealkylation sites (tertiary alicyclic amines) is 1. The predicted octanol–water partition coefficient (Wildman–Crippen LogP) is 3.39. The van der Waals surface area contributed by atoms with Crippen molar-refractivity contribution in [3.63, 3.8) is 0 Å². The highest BCUT2D eigenvalue weighted by Gasteiger charge is 2.34. The molecule has 2 atom stereocenters. The van der Waals surface area contributed by atoms with Gasteiger partial charge in [0, 0.05) is 44.2 Å². The first-order valence-corrected chi connectivity index (χ1v) is 17.3. The number of piperidine rings is 1. The summed E-state index contributed by atoms with van der Waals surface area (Å²) in [6, 6.07) is 21.5. The number of nitrogens with two attached hydrogens (primary N) is 1. The first-order valence-electron chi connectivity index (χ1n) is 15.1. The molecule has 11 heteroatoms. The van der Waals surface area contributed by atoms with Gasteiger partial charge in [-0.3, -0.25) is 13.9 Å². The summed E-state index contributed by atoms with van der Waals surface area (Å²) in [5.74, 6) is -0.288. The van der Waals surface area contributed by atoms with Crippen LogP contribution in [0, 0.1) is 0 Å². The van der Waals surface area contributed by atoms with E-state index >= 15 is 0 Å². The van der Waals surface area contributed by atoms with Crippen molar-refractivity contribution in [3.8, 4) is 0 Å². The Morgan fingerprint density at radius 3 is 2.36 bits per heavy atom. The van der Waals surface area contributed by atoms with Gasteiger partial charge in [0.15, 0.2) is 0 Å². The molecule has 0 aliphatic carbocycles. The van der Waals surface area contributed by atoms with Crippen LogP contribution in [0.2, 0.25) is 5.02 Å². The maximum absolute atomic E-state index is 14.0. The zero-order chi connectivity index (χ0) is 31.3. The second-order valence-corrected chi connectivity index (χ2v) is 13.9. The van der Waals surface area contributed by atoms with Crippen LogP contribution in [0.25, 0.3) is 0 Å². The Balaban J connectivity index is 1.33. The average molecular weight is 638 g/mol. The zero-order valence-electron chi connectivity index (χ0n) is 24.9. The van der Waals surface area contributed by atoms with Gasteiger partial charge in [0.05, 0.1) is 11.9 Å². The van der Waals surface area contributed by atoms with Crippen LogP contribution in [-0.4, -0.2) is 70.2 Å². The molecule has 0 radical (unpaired) electrons. The van der Waals surface area contributed by atoms with Crippen molar-refractivity contribution in [2.45, 2.75) is 43.7 Å². The second kappa shape index (κ2) is 14.1. The molecule has 1 unspecified atom stereocenters. The molecular weight excluding hydrogens is 598 g/mol. The van der Waals surface area contributed by atoms with Gasteiger partial charge in [-0.15, -0.1) is 0 Å². The Labute approximate surface area is 264 Å². The fourth-order valence-electron chi connectivity index (χ4n) is 6.32. The molecule has 44 heavy (non-hydrogen) atoms. The standard InChI is InChI=1S/C33H40ClN5O4S/c1-44(42,43)39(21-17-35)30-9-5-4-7-27(30)25-15-19-38(20-16-25)33(41)29(22-23-10-12-26(34)13-11-23)37-32(40)31-28-8-3-2-6-24(28)14-18-36-31/h2-13,25,29,31,36H,14-22,35H2,1H3,(H,37,40)/t29-,31?/m1/s1. The summed E-state index contributed by atoms with van der Waals surface area (Å²) >= 11 is 6.11. The van der Waals surface area contributed by atoms with Crippen molar-refractivity contribution in [3.05, 3.63) is 100 Å². The van der Waals surface area contributed by atoms with E-state index in [0.29, 0.717) is 49.6 Å². The van der Waals surface area contributed by atoms with Crippen LogP contribution in [0.3, 0.4) is 0 Å². The van der Waals surface area contributed by atoms with E-state index in [1.54, 1.807) is 12.1 Å². The molecule has 4 N–H and O–H groups in total. The number of anilines is 1. The number of benzene rings is 3. The van der Waals surface area contributed by atoms with E-state index in [9.17, 15) is 18.0 Å². The minimum Gasteiger partial charge on any atom is -0.342 e. The molecule has 9 nitrogen and oxygen atoms in total. The van der Waals surface area contributed by atoms with Gasteiger partial charge in [-0.25, -0.2) is 8.42 Å². The fraction of sp³-hybridized carbons (Fsp3) is 0.394. The molecule has 1 fully saturated rings. The van der Waals surface area contributed by atoms with Crippen molar-refractivity contribution in [1.29, 1.82) is 0 Å². The topological polar surface area (TPSA) is 125 Å². The van der Waals surface area contributed by atoms with Crippen molar-refractivity contribution in [1.82, 2.24) is 15.5 Å². The second-order valence-electron chi connectivity index (χ2n) is 11.5. The molecular formula is C33H40ClN5O4S. The number of hydrogen-bond acceptors (Lipinski definition) is 6. The number of sulfonamides is 1. The smallest absolute Gasteiger partial charge is 0.245 e. The Kier molecular flexibility index (Phi) is 10.3. The Morgan fingerprint density at radius 1 is 1.02 bits per heavy atom. The van der Waals surface area contributed by atoms with Crippen LogP contribution in [0.15, 0.2) is 72.8 Å². The van der Waals surface area contributed by atoms with Gasteiger partial charge in [-0.2, -0.15) is 0 Å². The van der Waals surface area contributed by atoms with E-state index in [1.165, 1.54) is 10.6 Å². The van der Waals surface area contributed by atoms with E-state index < -0.39 is 22.1 Å². The zero-order valence-corrected chi connectivity index (χ0v) is 26.5. The third kappa shape index (κ3) is 7.43. The number of para-hydroxylation sites is 1. The first kappa shape index (κ1) is 32.0. The first-order chi connectivity index (χ1) is 21.2. The molecule has 5 rings (SSSR count). The molecule has 2 heterocycles. The molecule has 0 bridgehead atoms. The van der Waals surface area contributed by atoms with Gasteiger partial charge in [0.2, 0.25) is 21.8 Å². The molecule has 3 aromatic carbocycles. The third-order valence-corrected chi connectivity index (χ3v) is 9.96. The number of rotatable bonds is 10. The molecule has 0 spiro atoms. The highest BCUT2D eigenvalue weighted by molar-refractivity contribution is 7.92. The average Bonchev–Trinajstić information content (AvgIpc) is 3.03. The molecule has 0 aromatic heterocycles. The quantitative estimate of drug-likeness (QED) is 0.313. The van der Waals surface area contributed by atoms with E-state index in [-0.39, 0.29) is 30.8 Å². The van der Waals surface area contributed by atoms with Crippen molar-refractivity contribution in [2.75, 3.05) is 43.3 Å². The minimum atomic E-state index is -3.51. The van der Waals surface area contributed by atoms with Crippen LogP contribution < -0.4 is 20.7 Å². The highest BCUT2D eigenvalue weighted by atomic mass is 35.5. The lowest BCUT2D eigenvalue weighted by atomic mass is 9.87. The lowest BCUT2D eigenvalue weighted by Crippen LogP contribution is -2.54. The summed E-state index contributed by atoms with van der Waals surface area (Å²) in [6.07, 6.45) is 3.71. The van der Waals surface area contributed by atoms with Crippen molar-refractivity contribution < 1.29 is 18.0 Å². The molecule has 234 valence electrons. The summed E-state index contributed by atoms with van der Waals surface area (Å²) in [5.41, 5.74) is 10.3. The number of carbonyl (C=O) groups is 2. The minimum absolute atomic E-state index is 0.0736. The van der Waals surface area contributed by atoms with Crippen molar-refractivity contribution in [2.24, 2.45) is 5.73 Å². The van der Waals surface area contributed by atoms with Crippen LogP contribution in [0.4, 0.5) is 5.69 Å². The molecule has 0 saturated carbocycles. The van der Waals surface area contributed by atoms with Gasteiger partial charge in [0.1, 0.15) is 12.1 Å². The van der Waals surface area contributed by atoms with Crippen LogP contribution >= 0.6 is 11.6 Å². The lowest BCUT2D eigenvalue weighted by Gasteiger charge is -2.36. The third-order valence-electron chi connectivity index (χ3n) is 8.52. The van der Waals surface area contributed by atoms with Gasteiger partial charge in [0.25, 0.3) is 0 Å². The summed E-state index contributed by atoms with van der Waals surface area (Å²) in [5, 5.41) is 7.00. The Hall–Kier alpha value is -3.44. The predicted molar refractivity (Wildman–Crippen MR) is 174 cm³/mol. The van der Waals surface area contributed by atoms with E-state index in [1.807, 2.05) is 65.6 Å². The number of nitrogens with one attached hydrogen (secondary N) is 2. The van der Waals surface area contributed by atoms with E-state index in [4.69, 9.17) is 17.3 Å². The number of nitrogens with zero attached hydrogens (tertiary/aromatic N) is 2.